The molecule has 2 nitrogen and oxygen atoms in total. The number of hydrogen-bond donors (Lipinski definition) is 1. The highest BCUT2D eigenvalue weighted by atomic mass is 16.3. The summed E-state index contributed by atoms with van der Waals surface area (Å²) in [6, 6.07) is 21.1. The first-order valence-electron chi connectivity index (χ1n) is 7.44. The van der Waals surface area contributed by atoms with E-state index in [1.165, 1.54) is 0 Å². The van der Waals surface area contributed by atoms with E-state index in [1.807, 2.05) is 73.7 Å². The highest BCUT2D eigenvalue weighted by Crippen LogP contribution is 2.47. The van der Waals surface area contributed by atoms with E-state index in [-0.39, 0.29) is 5.78 Å². The van der Waals surface area contributed by atoms with Gasteiger partial charge < -0.3 is 5.11 Å². The minimum Gasteiger partial charge on any atom is -0.387 e. The Balaban J connectivity index is 2.06. The van der Waals surface area contributed by atoms with Crippen molar-refractivity contribution in [2.75, 3.05) is 0 Å². The number of aliphatic hydroxyl groups is 1. The molecule has 1 aliphatic rings. The van der Waals surface area contributed by atoms with Crippen LogP contribution in [0.4, 0.5) is 0 Å². The fourth-order valence-electron chi connectivity index (χ4n) is 3.58. The van der Waals surface area contributed by atoms with Gasteiger partial charge >= 0.3 is 0 Å². The molecule has 108 valence electrons. The number of hydrogen-bond acceptors (Lipinski definition) is 2. The van der Waals surface area contributed by atoms with E-state index in [0.29, 0.717) is 5.56 Å². The summed E-state index contributed by atoms with van der Waals surface area (Å²) >= 11 is 0. The van der Waals surface area contributed by atoms with Crippen molar-refractivity contribution in [3.63, 3.8) is 0 Å². The molecule has 0 bridgehead atoms. The molecule has 2 atom stereocenters. The van der Waals surface area contributed by atoms with Gasteiger partial charge in [-0.2, -0.15) is 0 Å². The summed E-state index contributed by atoms with van der Waals surface area (Å²) in [5.74, 6) is -0.0181. The van der Waals surface area contributed by atoms with Crippen LogP contribution in [-0.2, 0) is 5.41 Å². The number of carbonyl (C=O) groups excluding carboxylic acids is 1. The zero-order chi connectivity index (χ0) is 15.3. The maximum Gasteiger partial charge on any atom is 0.176 e. The Kier molecular flexibility index (Phi) is 2.72. The molecule has 0 saturated heterocycles. The van der Waals surface area contributed by atoms with Crippen LogP contribution in [0.3, 0.4) is 0 Å². The highest BCUT2D eigenvalue weighted by Gasteiger charge is 2.47. The van der Waals surface area contributed by atoms with Gasteiger partial charge in [0.15, 0.2) is 5.78 Å². The van der Waals surface area contributed by atoms with Gasteiger partial charge in [0.2, 0.25) is 0 Å². The molecule has 0 spiro atoms. The van der Waals surface area contributed by atoms with Crippen molar-refractivity contribution in [1.29, 1.82) is 0 Å². The molecule has 1 N–H and O–H groups in total. The summed E-state index contributed by atoms with van der Waals surface area (Å²) in [4.78, 5) is 13.2. The lowest BCUT2D eigenvalue weighted by Gasteiger charge is -2.38. The molecule has 0 amide bonds. The molecule has 3 aromatic carbocycles. The van der Waals surface area contributed by atoms with E-state index in [9.17, 15) is 9.90 Å². The van der Waals surface area contributed by atoms with Crippen molar-refractivity contribution in [2.24, 2.45) is 0 Å². The van der Waals surface area contributed by atoms with Crippen LogP contribution in [0.25, 0.3) is 10.8 Å². The quantitative estimate of drug-likeness (QED) is 0.734. The van der Waals surface area contributed by atoms with Crippen LogP contribution in [0.2, 0.25) is 0 Å². The number of carbonyl (C=O) groups is 1. The van der Waals surface area contributed by atoms with E-state index >= 15 is 0 Å². The molecule has 0 unspecified atom stereocenters. The van der Waals surface area contributed by atoms with Crippen LogP contribution in [-0.4, -0.2) is 10.9 Å². The first-order chi connectivity index (χ1) is 10.6. The first-order valence-corrected chi connectivity index (χ1v) is 7.44. The Morgan fingerprint density at radius 3 is 2.32 bits per heavy atom. The molecule has 0 fully saturated rings. The largest absolute Gasteiger partial charge is 0.387 e. The standard InChI is InChI=1S/C20H16O2/c1-20(14-9-3-2-4-10-14)18(21)15-11-5-7-13-8-6-12-16(17(13)15)19(20)22/h2-12,18,21H,1H3/t18-,20+/m0/s1. The van der Waals surface area contributed by atoms with Gasteiger partial charge in [-0.1, -0.05) is 66.7 Å². The third kappa shape index (κ3) is 1.56. The van der Waals surface area contributed by atoms with Crippen LogP contribution in [0.1, 0.15) is 34.5 Å². The lowest BCUT2D eigenvalue weighted by molar-refractivity contribution is 0.0582. The number of rotatable bonds is 1. The average molecular weight is 288 g/mol. The zero-order valence-corrected chi connectivity index (χ0v) is 12.3. The minimum atomic E-state index is -0.954. The molecule has 0 aromatic heterocycles. The van der Waals surface area contributed by atoms with Gasteiger partial charge in [0.25, 0.3) is 0 Å². The minimum absolute atomic E-state index is 0.0181. The Labute approximate surface area is 129 Å². The molecule has 4 rings (SSSR count). The molecule has 22 heavy (non-hydrogen) atoms. The third-order valence-corrected chi connectivity index (χ3v) is 4.87. The molecule has 0 radical (unpaired) electrons. The SMILES string of the molecule is C[C@]1(c2ccccc2)C(=O)c2cccc3cccc(c23)[C@@H]1O. The molecule has 0 saturated carbocycles. The van der Waals surface area contributed by atoms with Gasteiger partial charge in [-0.15, -0.1) is 0 Å². The van der Waals surface area contributed by atoms with Crippen molar-refractivity contribution in [2.45, 2.75) is 18.4 Å². The fourth-order valence-corrected chi connectivity index (χ4v) is 3.58. The maximum atomic E-state index is 13.2. The number of aliphatic hydroxyl groups excluding tert-OH is 1. The highest BCUT2D eigenvalue weighted by molar-refractivity contribution is 6.16. The second-order valence-electron chi connectivity index (χ2n) is 6.05. The number of benzene rings is 3. The van der Waals surface area contributed by atoms with Crippen LogP contribution in [0, 0.1) is 0 Å². The van der Waals surface area contributed by atoms with Gasteiger partial charge in [0, 0.05) is 5.56 Å². The fraction of sp³-hybridized carbons (Fsp3) is 0.150. The van der Waals surface area contributed by atoms with E-state index in [4.69, 9.17) is 0 Å². The summed E-state index contributed by atoms with van der Waals surface area (Å²) in [6.45, 7) is 1.84. The maximum absolute atomic E-state index is 13.2. The molecular weight excluding hydrogens is 272 g/mol. The smallest absolute Gasteiger partial charge is 0.176 e. The van der Waals surface area contributed by atoms with Gasteiger partial charge in [0.05, 0.1) is 11.5 Å². The van der Waals surface area contributed by atoms with Crippen LogP contribution in [0.5, 0.6) is 0 Å². The Bertz CT molecular complexity index is 877. The monoisotopic (exact) mass is 288 g/mol. The van der Waals surface area contributed by atoms with Crippen molar-refractivity contribution in [3.05, 3.63) is 83.4 Å². The van der Waals surface area contributed by atoms with Crippen molar-refractivity contribution >= 4 is 16.6 Å². The molecule has 0 aliphatic heterocycles. The molecule has 1 aliphatic carbocycles. The zero-order valence-electron chi connectivity index (χ0n) is 12.3. The average Bonchev–Trinajstić information content (AvgIpc) is 2.58. The predicted octanol–water partition coefficient (Wildman–Crippen LogP) is 4.03. The Hall–Kier alpha value is -2.45. The molecule has 0 heterocycles. The van der Waals surface area contributed by atoms with E-state index in [2.05, 4.69) is 0 Å². The second-order valence-corrected chi connectivity index (χ2v) is 6.05. The van der Waals surface area contributed by atoms with Gasteiger partial charge in [-0.05, 0) is 28.8 Å². The third-order valence-electron chi connectivity index (χ3n) is 4.87. The number of ketones is 1. The van der Waals surface area contributed by atoms with Gasteiger partial charge in [-0.3, -0.25) is 4.79 Å². The first kappa shape index (κ1) is 13.2. The lowest BCUT2D eigenvalue weighted by atomic mass is 9.65. The van der Waals surface area contributed by atoms with Crippen LogP contribution in [0.15, 0.2) is 66.7 Å². The van der Waals surface area contributed by atoms with Crippen LogP contribution >= 0.6 is 0 Å². The molecule has 3 aromatic rings. The summed E-state index contributed by atoms with van der Waals surface area (Å²) in [5.41, 5.74) is 1.42. The normalized spacial score (nSPS) is 23.7. The lowest BCUT2D eigenvalue weighted by Crippen LogP contribution is -2.42. The van der Waals surface area contributed by atoms with Crippen LogP contribution < -0.4 is 0 Å². The number of Topliss-reactive ketones (excluding diaryl/α,β-unsaturated/α-hetero) is 1. The Morgan fingerprint density at radius 1 is 0.909 bits per heavy atom. The van der Waals surface area contributed by atoms with E-state index in [1.54, 1.807) is 0 Å². The van der Waals surface area contributed by atoms with Gasteiger partial charge in [0.1, 0.15) is 0 Å². The van der Waals surface area contributed by atoms with E-state index in [0.717, 1.165) is 21.9 Å². The Morgan fingerprint density at radius 2 is 1.59 bits per heavy atom. The van der Waals surface area contributed by atoms with E-state index < -0.39 is 11.5 Å². The summed E-state index contributed by atoms with van der Waals surface area (Å²) in [5, 5.41) is 12.9. The topological polar surface area (TPSA) is 37.3 Å². The predicted molar refractivity (Wildman–Crippen MR) is 87.0 cm³/mol. The van der Waals surface area contributed by atoms with Crippen molar-refractivity contribution in [1.82, 2.24) is 0 Å². The van der Waals surface area contributed by atoms with Crippen molar-refractivity contribution in [3.8, 4) is 0 Å². The second kappa shape index (κ2) is 4.52. The summed E-state index contributed by atoms with van der Waals surface area (Å²) in [6.07, 6.45) is -0.846. The molecular formula is C20H16O2. The van der Waals surface area contributed by atoms with Gasteiger partial charge in [-0.25, -0.2) is 0 Å². The summed E-state index contributed by atoms with van der Waals surface area (Å²) in [7, 11) is 0. The molecule has 2 heteroatoms. The summed E-state index contributed by atoms with van der Waals surface area (Å²) < 4.78 is 0. The van der Waals surface area contributed by atoms with Crippen molar-refractivity contribution < 1.29 is 9.90 Å².